The number of benzene rings is 4. The van der Waals surface area contributed by atoms with E-state index < -0.39 is 0 Å². The predicted molar refractivity (Wildman–Crippen MR) is 112 cm³/mol. The summed E-state index contributed by atoms with van der Waals surface area (Å²) >= 11 is 0. The van der Waals surface area contributed by atoms with Crippen LogP contribution in [0.4, 0.5) is 5.69 Å². The molecule has 0 aliphatic rings. The fraction of sp³-hybridized carbons (Fsp3) is 0.0417. The van der Waals surface area contributed by atoms with Gasteiger partial charge in [0.1, 0.15) is 12.4 Å². The number of hydrogen-bond donors (Lipinski definition) is 1. The first-order valence-corrected chi connectivity index (χ1v) is 8.92. The molecule has 4 rings (SSSR count). The van der Waals surface area contributed by atoms with E-state index in [4.69, 9.17) is 4.74 Å². The first-order valence-electron chi connectivity index (χ1n) is 8.92. The Hall–Kier alpha value is -3.59. The monoisotopic (exact) mass is 352 g/mol. The molecule has 4 aromatic rings. The standard InChI is InChI=1S/C24H20N2O/c1-2-11-23(12-3-1)26-25-17-22-10-6-7-13-24(22)27-18-19-14-15-20-8-4-5-9-21(20)16-19/h1-17,26H,18H2. The molecule has 0 atom stereocenters. The zero-order chi connectivity index (χ0) is 18.3. The van der Waals surface area contributed by atoms with Crippen LogP contribution in [0.3, 0.4) is 0 Å². The Labute approximate surface area is 158 Å². The first kappa shape index (κ1) is 16.9. The van der Waals surface area contributed by atoms with Gasteiger partial charge in [-0.15, -0.1) is 0 Å². The van der Waals surface area contributed by atoms with Crippen molar-refractivity contribution in [3.8, 4) is 5.75 Å². The maximum atomic E-state index is 6.06. The molecule has 0 saturated carbocycles. The third-order valence-corrected chi connectivity index (χ3v) is 4.30. The molecule has 3 heteroatoms. The molecule has 0 aliphatic heterocycles. The summed E-state index contributed by atoms with van der Waals surface area (Å²) in [7, 11) is 0. The summed E-state index contributed by atoms with van der Waals surface area (Å²) in [5.41, 5.74) is 6.05. The van der Waals surface area contributed by atoms with Crippen LogP contribution >= 0.6 is 0 Å². The topological polar surface area (TPSA) is 33.6 Å². The van der Waals surface area contributed by atoms with Gasteiger partial charge in [0, 0.05) is 5.56 Å². The highest BCUT2D eigenvalue weighted by Gasteiger charge is 2.02. The molecule has 0 heterocycles. The minimum Gasteiger partial charge on any atom is -0.488 e. The Bertz CT molecular complexity index is 1060. The Morgan fingerprint density at radius 2 is 1.48 bits per heavy atom. The van der Waals surface area contributed by atoms with Crippen molar-refractivity contribution in [3.05, 3.63) is 108 Å². The van der Waals surface area contributed by atoms with Gasteiger partial charge in [-0.3, -0.25) is 5.43 Å². The number of ether oxygens (including phenoxy) is 1. The molecule has 0 radical (unpaired) electrons. The van der Waals surface area contributed by atoms with Crippen molar-refractivity contribution in [2.75, 3.05) is 5.43 Å². The Morgan fingerprint density at radius 1 is 0.741 bits per heavy atom. The van der Waals surface area contributed by atoms with Crippen molar-refractivity contribution in [1.82, 2.24) is 0 Å². The van der Waals surface area contributed by atoms with Gasteiger partial charge >= 0.3 is 0 Å². The maximum Gasteiger partial charge on any atom is 0.128 e. The summed E-state index contributed by atoms with van der Waals surface area (Å²) in [6.07, 6.45) is 1.78. The van der Waals surface area contributed by atoms with Gasteiger partial charge in [0.05, 0.1) is 11.9 Å². The number of fused-ring (bicyclic) bond motifs is 1. The van der Waals surface area contributed by atoms with E-state index in [2.05, 4.69) is 53.0 Å². The molecule has 132 valence electrons. The Morgan fingerprint density at radius 3 is 2.37 bits per heavy atom. The molecular weight excluding hydrogens is 332 g/mol. The van der Waals surface area contributed by atoms with E-state index in [0.29, 0.717) is 6.61 Å². The van der Waals surface area contributed by atoms with Crippen LogP contribution in [0.5, 0.6) is 5.75 Å². The zero-order valence-corrected chi connectivity index (χ0v) is 14.9. The number of hydrazone groups is 1. The second kappa shape index (κ2) is 8.19. The Kier molecular flexibility index (Phi) is 5.11. The number of nitrogens with one attached hydrogen (secondary N) is 1. The predicted octanol–water partition coefficient (Wildman–Crippen LogP) is 5.86. The molecule has 0 aliphatic carbocycles. The van der Waals surface area contributed by atoms with Gasteiger partial charge < -0.3 is 4.74 Å². The van der Waals surface area contributed by atoms with Crippen LogP contribution < -0.4 is 10.2 Å². The van der Waals surface area contributed by atoms with Crippen molar-refractivity contribution in [3.63, 3.8) is 0 Å². The summed E-state index contributed by atoms with van der Waals surface area (Å²) in [5.74, 6) is 0.810. The van der Waals surface area contributed by atoms with Gasteiger partial charge in [-0.2, -0.15) is 5.10 Å². The summed E-state index contributed by atoms with van der Waals surface area (Å²) in [5, 5.41) is 6.77. The van der Waals surface area contributed by atoms with E-state index in [0.717, 1.165) is 22.6 Å². The number of rotatable bonds is 6. The molecule has 3 nitrogen and oxygen atoms in total. The molecule has 0 amide bonds. The van der Waals surface area contributed by atoms with Crippen molar-refractivity contribution < 1.29 is 4.74 Å². The van der Waals surface area contributed by atoms with E-state index in [1.54, 1.807) is 6.21 Å². The molecule has 0 aromatic heterocycles. The number of para-hydroxylation sites is 2. The molecule has 4 aromatic carbocycles. The molecular formula is C24H20N2O. The number of anilines is 1. The second-order valence-corrected chi connectivity index (χ2v) is 6.24. The fourth-order valence-corrected chi connectivity index (χ4v) is 2.90. The van der Waals surface area contributed by atoms with E-state index in [-0.39, 0.29) is 0 Å². The lowest BCUT2D eigenvalue weighted by Crippen LogP contribution is -1.99. The van der Waals surface area contributed by atoms with E-state index >= 15 is 0 Å². The summed E-state index contributed by atoms with van der Waals surface area (Å²) in [4.78, 5) is 0. The van der Waals surface area contributed by atoms with Crippen LogP contribution in [0.1, 0.15) is 11.1 Å². The lowest BCUT2D eigenvalue weighted by atomic mass is 10.1. The third kappa shape index (κ3) is 4.33. The molecule has 1 N–H and O–H groups in total. The average Bonchev–Trinajstić information content (AvgIpc) is 2.74. The van der Waals surface area contributed by atoms with Crippen molar-refractivity contribution in [2.24, 2.45) is 5.10 Å². The number of nitrogens with zero attached hydrogens (tertiary/aromatic N) is 1. The second-order valence-electron chi connectivity index (χ2n) is 6.24. The fourth-order valence-electron chi connectivity index (χ4n) is 2.90. The van der Waals surface area contributed by atoms with Crippen LogP contribution in [0.2, 0.25) is 0 Å². The highest BCUT2D eigenvalue weighted by Crippen LogP contribution is 2.20. The minimum absolute atomic E-state index is 0.516. The van der Waals surface area contributed by atoms with Gasteiger partial charge in [0.2, 0.25) is 0 Å². The summed E-state index contributed by atoms with van der Waals surface area (Å²) < 4.78 is 6.06. The van der Waals surface area contributed by atoms with Gasteiger partial charge in [0.15, 0.2) is 0 Å². The molecule has 0 spiro atoms. The number of hydrogen-bond acceptors (Lipinski definition) is 3. The van der Waals surface area contributed by atoms with Crippen LogP contribution in [0, 0.1) is 0 Å². The van der Waals surface area contributed by atoms with Crippen molar-refractivity contribution >= 4 is 22.7 Å². The van der Waals surface area contributed by atoms with E-state index in [1.807, 2.05) is 54.6 Å². The van der Waals surface area contributed by atoms with Crippen molar-refractivity contribution in [1.29, 1.82) is 0 Å². The normalized spacial score (nSPS) is 11.0. The van der Waals surface area contributed by atoms with Crippen LogP contribution in [-0.4, -0.2) is 6.21 Å². The van der Waals surface area contributed by atoms with Crippen molar-refractivity contribution in [2.45, 2.75) is 6.61 Å². The molecule has 0 unspecified atom stereocenters. The molecule has 0 fully saturated rings. The minimum atomic E-state index is 0.516. The smallest absolute Gasteiger partial charge is 0.128 e. The lowest BCUT2D eigenvalue weighted by molar-refractivity contribution is 0.306. The van der Waals surface area contributed by atoms with Crippen LogP contribution in [-0.2, 0) is 6.61 Å². The molecule has 27 heavy (non-hydrogen) atoms. The Balaban J connectivity index is 1.45. The average molecular weight is 352 g/mol. The highest BCUT2D eigenvalue weighted by atomic mass is 16.5. The molecule has 0 saturated heterocycles. The quantitative estimate of drug-likeness (QED) is 0.348. The zero-order valence-electron chi connectivity index (χ0n) is 14.9. The van der Waals surface area contributed by atoms with Gasteiger partial charge in [-0.25, -0.2) is 0 Å². The van der Waals surface area contributed by atoms with Crippen LogP contribution in [0.25, 0.3) is 10.8 Å². The van der Waals surface area contributed by atoms with Gasteiger partial charge in [-0.1, -0.05) is 66.7 Å². The largest absolute Gasteiger partial charge is 0.488 e. The highest BCUT2D eigenvalue weighted by molar-refractivity contribution is 5.84. The maximum absolute atomic E-state index is 6.06. The SMILES string of the molecule is C(=NNc1ccccc1)c1ccccc1OCc1ccc2ccccc2c1. The first-order chi connectivity index (χ1) is 13.4. The summed E-state index contributed by atoms with van der Waals surface area (Å²) in [6.45, 7) is 0.516. The van der Waals surface area contributed by atoms with Crippen LogP contribution in [0.15, 0.2) is 102 Å². The van der Waals surface area contributed by atoms with E-state index in [9.17, 15) is 0 Å². The third-order valence-electron chi connectivity index (χ3n) is 4.30. The van der Waals surface area contributed by atoms with Gasteiger partial charge in [-0.05, 0) is 46.7 Å². The summed E-state index contributed by atoms with van der Waals surface area (Å²) in [6, 6.07) is 32.5. The molecule has 0 bridgehead atoms. The van der Waals surface area contributed by atoms with Gasteiger partial charge in [0.25, 0.3) is 0 Å². The lowest BCUT2D eigenvalue weighted by Gasteiger charge is -2.10. The van der Waals surface area contributed by atoms with E-state index in [1.165, 1.54) is 10.8 Å².